The Morgan fingerprint density at radius 1 is 1.62 bits per heavy atom. The summed E-state index contributed by atoms with van der Waals surface area (Å²) < 4.78 is 30.4. The molecule has 0 bridgehead atoms. The Balaban J connectivity index is 3.36. The van der Waals surface area contributed by atoms with Gasteiger partial charge >= 0.3 is 0 Å². The minimum absolute atomic E-state index is 0.0446. The molecule has 86 valence electrons. The summed E-state index contributed by atoms with van der Waals surface area (Å²) in [5, 5.41) is 8.57. The molecule has 0 amide bonds. The molecule has 0 spiro atoms. The summed E-state index contributed by atoms with van der Waals surface area (Å²) in [4.78, 5) is 3.71. The third kappa shape index (κ3) is 2.44. The Kier molecular flexibility index (Phi) is 4.14. The van der Waals surface area contributed by atoms with Crippen molar-refractivity contribution in [3.8, 4) is 11.8 Å². The molecule has 6 heteroatoms. The molecule has 1 aromatic heterocycles. The highest BCUT2D eigenvalue weighted by Crippen LogP contribution is 2.29. The minimum Gasteiger partial charge on any atom is -0.496 e. The van der Waals surface area contributed by atoms with Crippen LogP contribution in [0.1, 0.15) is 23.4 Å². The van der Waals surface area contributed by atoms with Gasteiger partial charge in [0, 0.05) is 18.2 Å². The topological polar surface area (TPSA) is 71.9 Å². The summed E-state index contributed by atoms with van der Waals surface area (Å²) in [6, 6.07) is 3.28. The van der Waals surface area contributed by atoms with Gasteiger partial charge in [0.1, 0.15) is 11.4 Å². The van der Waals surface area contributed by atoms with Crippen LogP contribution in [0.5, 0.6) is 5.75 Å². The fourth-order valence-corrected chi connectivity index (χ4v) is 1.34. The standard InChI is InChI=1S/C10H11F2N3O/c1-16-8-4-6(5-14)15-9(10(11)12)7(8)2-3-13/h4,10H,2,5,14H2,1H3. The molecule has 0 atom stereocenters. The Bertz CT molecular complexity index is 415. The molecule has 0 saturated carbocycles. The van der Waals surface area contributed by atoms with Gasteiger partial charge in [-0.2, -0.15) is 5.26 Å². The van der Waals surface area contributed by atoms with Crippen molar-refractivity contribution in [3.63, 3.8) is 0 Å². The monoisotopic (exact) mass is 227 g/mol. The number of nitriles is 1. The van der Waals surface area contributed by atoms with Crippen molar-refractivity contribution in [1.82, 2.24) is 4.98 Å². The second-order valence-electron chi connectivity index (χ2n) is 3.02. The fraction of sp³-hybridized carbons (Fsp3) is 0.400. The number of nitrogens with zero attached hydrogens (tertiary/aromatic N) is 2. The number of alkyl halides is 2. The first-order valence-electron chi connectivity index (χ1n) is 4.55. The van der Waals surface area contributed by atoms with E-state index >= 15 is 0 Å². The average Bonchev–Trinajstić information content (AvgIpc) is 2.29. The molecule has 0 aromatic carbocycles. The van der Waals surface area contributed by atoms with E-state index in [0.29, 0.717) is 5.69 Å². The number of aromatic nitrogens is 1. The van der Waals surface area contributed by atoms with Crippen LogP contribution in [0, 0.1) is 11.3 Å². The number of hydrogen-bond donors (Lipinski definition) is 1. The fourth-order valence-electron chi connectivity index (χ4n) is 1.34. The molecule has 0 radical (unpaired) electrons. The van der Waals surface area contributed by atoms with Gasteiger partial charge in [0.2, 0.25) is 0 Å². The van der Waals surface area contributed by atoms with Crippen molar-refractivity contribution >= 4 is 0 Å². The van der Waals surface area contributed by atoms with Gasteiger partial charge in [0.15, 0.2) is 0 Å². The lowest BCUT2D eigenvalue weighted by Gasteiger charge is -2.12. The third-order valence-corrected chi connectivity index (χ3v) is 2.06. The number of ether oxygens (including phenoxy) is 1. The zero-order valence-electron chi connectivity index (χ0n) is 8.70. The number of rotatable bonds is 4. The maximum atomic E-state index is 12.7. The van der Waals surface area contributed by atoms with Gasteiger partial charge in [-0.15, -0.1) is 0 Å². The number of methoxy groups -OCH3 is 1. The summed E-state index contributed by atoms with van der Waals surface area (Å²) in [7, 11) is 1.35. The lowest BCUT2D eigenvalue weighted by Crippen LogP contribution is -2.08. The largest absolute Gasteiger partial charge is 0.496 e. The lowest BCUT2D eigenvalue weighted by atomic mass is 10.1. The number of pyridine rings is 1. The van der Waals surface area contributed by atoms with Gasteiger partial charge in [-0.05, 0) is 0 Å². The van der Waals surface area contributed by atoms with E-state index in [0.717, 1.165) is 0 Å². The molecule has 0 unspecified atom stereocenters. The maximum absolute atomic E-state index is 12.7. The molecule has 1 rings (SSSR count). The van der Waals surface area contributed by atoms with Crippen LogP contribution in [-0.2, 0) is 13.0 Å². The molecular weight excluding hydrogens is 216 g/mol. The van der Waals surface area contributed by atoms with E-state index in [9.17, 15) is 8.78 Å². The smallest absolute Gasteiger partial charge is 0.280 e. The third-order valence-electron chi connectivity index (χ3n) is 2.06. The van der Waals surface area contributed by atoms with Crippen molar-refractivity contribution in [1.29, 1.82) is 5.26 Å². The number of halogens is 2. The molecular formula is C10H11F2N3O. The Morgan fingerprint density at radius 3 is 2.75 bits per heavy atom. The first kappa shape index (κ1) is 12.3. The van der Waals surface area contributed by atoms with Crippen LogP contribution in [0.3, 0.4) is 0 Å². The zero-order valence-corrected chi connectivity index (χ0v) is 8.70. The summed E-state index contributed by atoms with van der Waals surface area (Å²) in [6.07, 6.45) is -2.91. The quantitative estimate of drug-likeness (QED) is 0.847. The molecule has 2 N–H and O–H groups in total. The van der Waals surface area contributed by atoms with E-state index in [1.54, 1.807) is 6.07 Å². The molecule has 16 heavy (non-hydrogen) atoms. The molecule has 0 aliphatic rings. The van der Waals surface area contributed by atoms with Crippen LogP contribution in [0.4, 0.5) is 8.78 Å². The van der Waals surface area contributed by atoms with Gasteiger partial charge in [0.05, 0.1) is 25.3 Å². The maximum Gasteiger partial charge on any atom is 0.280 e. The van der Waals surface area contributed by atoms with Crippen molar-refractivity contribution in [2.24, 2.45) is 5.73 Å². The van der Waals surface area contributed by atoms with Crippen LogP contribution < -0.4 is 10.5 Å². The van der Waals surface area contributed by atoms with Crippen molar-refractivity contribution in [2.75, 3.05) is 7.11 Å². The van der Waals surface area contributed by atoms with E-state index in [1.807, 2.05) is 0 Å². The molecule has 0 aliphatic heterocycles. The zero-order chi connectivity index (χ0) is 12.1. The van der Waals surface area contributed by atoms with Crippen LogP contribution >= 0.6 is 0 Å². The summed E-state index contributed by atoms with van der Waals surface area (Å²) in [6.45, 7) is 0.0446. The summed E-state index contributed by atoms with van der Waals surface area (Å²) in [5.41, 5.74) is 5.35. The predicted octanol–water partition coefficient (Wildman–Crippen LogP) is 1.55. The Morgan fingerprint density at radius 2 is 2.31 bits per heavy atom. The first-order valence-corrected chi connectivity index (χ1v) is 4.55. The van der Waals surface area contributed by atoms with Crippen molar-refractivity contribution in [3.05, 3.63) is 23.0 Å². The second-order valence-corrected chi connectivity index (χ2v) is 3.02. The van der Waals surface area contributed by atoms with E-state index in [-0.39, 0.29) is 24.3 Å². The van der Waals surface area contributed by atoms with Gasteiger partial charge in [0.25, 0.3) is 6.43 Å². The predicted molar refractivity (Wildman–Crippen MR) is 53.0 cm³/mol. The van der Waals surface area contributed by atoms with Gasteiger partial charge in [-0.1, -0.05) is 0 Å². The SMILES string of the molecule is COc1cc(CN)nc(C(F)F)c1CC#N. The number of nitrogens with two attached hydrogens (primary N) is 1. The average molecular weight is 227 g/mol. The first-order chi connectivity index (χ1) is 7.63. The minimum atomic E-state index is -2.75. The lowest BCUT2D eigenvalue weighted by molar-refractivity contribution is 0.144. The molecule has 1 heterocycles. The van der Waals surface area contributed by atoms with Gasteiger partial charge in [-0.3, -0.25) is 0 Å². The molecule has 0 fully saturated rings. The van der Waals surface area contributed by atoms with Crippen molar-refractivity contribution in [2.45, 2.75) is 19.4 Å². The van der Waals surface area contributed by atoms with Crippen LogP contribution in [0.15, 0.2) is 6.07 Å². The van der Waals surface area contributed by atoms with E-state index in [1.165, 1.54) is 13.2 Å². The second kappa shape index (κ2) is 5.37. The highest BCUT2D eigenvalue weighted by molar-refractivity contribution is 5.40. The Hall–Kier alpha value is -1.74. The van der Waals surface area contributed by atoms with Crippen LogP contribution in [-0.4, -0.2) is 12.1 Å². The number of hydrogen-bond acceptors (Lipinski definition) is 4. The highest BCUT2D eigenvalue weighted by Gasteiger charge is 2.19. The van der Waals surface area contributed by atoms with E-state index in [4.69, 9.17) is 15.7 Å². The summed E-state index contributed by atoms with van der Waals surface area (Å²) >= 11 is 0. The van der Waals surface area contributed by atoms with Crippen LogP contribution in [0.25, 0.3) is 0 Å². The van der Waals surface area contributed by atoms with Crippen molar-refractivity contribution < 1.29 is 13.5 Å². The van der Waals surface area contributed by atoms with E-state index in [2.05, 4.69) is 4.98 Å². The Labute approximate surface area is 91.7 Å². The molecule has 1 aromatic rings. The molecule has 4 nitrogen and oxygen atoms in total. The normalized spacial score (nSPS) is 10.2. The summed E-state index contributed by atoms with van der Waals surface area (Å²) in [5.74, 6) is 0.229. The molecule has 0 aliphatic carbocycles. The van der Waals surface area contributed by atoms with Crippen LogP contribution in [0.2, 0.25) is 0 Å². The highest BCUT2D eigenvalue weighted by atomic mass is 19.3. The van der Waals surface area contributed by atoms with E-state index < -0.39 is 12.1 Å². The molecule has 0 saturated heterocycles. The van der Waals surface area contributed by atoms with Gasteiger partial charge < -0.3 is 10.5 Å². The van der Waals surface area contributed by atoms with Gasteiger partial charge in [-0.25, -0.2) is 13.8 Å².